The first-order valence-electron chi connectivity index (χ1n) is 8.37. The van der Waals surface area contributed by atoms with Gasteiger partial charge in [0.1, 0.15) is 0 Å². The fraction of sp³-hybridized carbons (Fsp3) is 0.471. The minimum Gasteiger partial charge on any atom is -0.325 e. The largest absolute Gasteiger partial charge is 0.438 e. The van der Waals surface area contributed by atoms with E-state index in [0.29, 0.717) is 25.5 Å². The maximum absolute atomic E-state index is 12.8. The summed E-state index contributed by atoms with van der Waals surface area (Å²) < 4.78 is 4.57. The standard InChI is InChI=1S/C17H20N4O3/c22-16-18-15(19-24-16)13-6-8-20(9-7-13)17(23)21-10-5-12-3-1-2-4-14(12)11-21/h1-4,13H,5-11H2,(H,18,19,22). The van der Waals surface area contributed by atoms with E-state index >= 15 is 0 Å². The molecule has 4 rings (SSSR count). The van der Waals surface area contributed by atoms with Crippen LogP contribution in [0.4, 0.5) is 4.79 Å². The molecule has 0 aliphatic carbocycles. The summed E-state index contributed by atoms with van der Waals surface area (Å²) in [6.07, 6.45) is 2.50. The van der Waals surface area contributed by atoms with Gasteiger partial charge in [0.2, 0.25) is 0 Å². The van der Waals surface area contributed by atoms with Crippen LogP contribution in [0, 0.1) is 0 Å². The molecule has 2 aromatic rings. The molecule has 0 unspecified atom stereocenters. The minimum absolute atomic E-state index is 0.108. The molecule has 3 heterocycles. The van der Waals surface area contributed by atoms with Crippen molar-refractivity contribution in [2.24, 2.45) is 0 Å². The first-order valence-corrected chi connectivity index (χ1v) is 8.37. The fourth-order valence-corrected chi connectivity index (χ4v) is 3.62. The van der Waals surface area contributed by atoms with Gasteiger partial charge in [-0.3, -0.25) is 9.51 Å². The lowest BCUT2D eigenvalue weighted by Crippen LogP contribution is -2.48. The van der Waals surface area contributed by atoms with Crippen molar-refractivity contribution in [3.63, 3.8) is 0 Å². The van der Waals surface area contributed by atoms with E-state index in [1.807, 2.05) is 15.9 Å². The van der Waals surface area contributed by atoms with Crippen molar-refractivity contribution < 1.29 is 9.32 Å². The first-order chi connectivity index (χ1) is 11.7. The number of amides is 2. The van der Waals surface area contributed by atoms with Gasteiger partial charge in [0.15, 0.2) is 5.82 Å². The van der Waals surface area contributed by atoms with Gasteiger partial charge in [-0.15, -0.1) is 0 Å². The third-order valence-corrected chi connectivity index (χ3v) is 5.01. The summed E-state index contributed by atoms with van der Waals surface area (Å²) in [5.74, 6) is 0.233. The molecule has 1 fully saturated rings. The summed E-state index contributed by atoms with van der Waals surface area (Å²) >= 11 is 0. The normalized spacial score (nSPS) is 18.5. The molecule has 7 heteroatoms. The van der Waals surface area contributed by atoms with Crippen molar-refractivity contribution in [2.45, 2.75) is 31.7 Å². The second-order valence-corrected chi connectivity index (χ2v) is 6.46. The number of benzene rings is 1. The van der Waals surface area contributed by atoms with Gasteiger partial charge >= 0.3 is 11.8 Å². The van der Waals surface area contributed by atoms with Crippen LogP contribution < -0.4 is 5.76 Å². The average molecular weight is 328 g/mol. The van der Waals surface area contributed by atoms with E-state index < -0.39 is 5.76 Å². The lowest BCUT2D eigenvalue weighted by atomic mass is 9.96. The van der Waals surface area contributed by atoms with Gasteiger partial charge in [-0.25, -0.2) is 9.59 Å². The van der Waals surface area contributed by atoms with E-state index in [-0.39, 0.29) is 11.9 Å². The fourth-order valence-electron chi connectivity index (χ4n) is 3.62. The highest BCUT2D eigenvalue weighted by atomic mass is 16.5. The number of hydrogen-bond donors (Lipinski definition) is 1. The Kier molecular flexibility index (Phi) is 3.84. The third kappa shape index (κ3) is 2.81. The summed E-state index contributed by atoms with van der Waals surface area (Å²) in [5.41, 5.74) is 2.59. The van der Waals surface area contributed by atoms with Crippen molar-refractivity contribution in [3.8, 4) is 0 Å². The van der Waals surface area contributed by atoms with Gasteiger partial charge in [-0.05, 0) is 30.4 Å². The topological polar surface area (TPSA) is 82.4 Å². The summed E-state index contributed by atoms with van der Waals surface area (Å²) in [6, 6.07) is 8.42. The van der Waals surface area contributed by atoms with Gasteiger partial charge in [0.25, 0.3) is 0 Å². The molecule has 2 amide bonds. The Bertz CT molecular complexity index is 789. The summed E-state index contributed by atoms with van der Waals surface area (Å²) in [5, 5.41) is 3.77. The monoisotopic (exact) mass is 328 g/mol. The smallest absolute Gasteiger partial charge is 0.325 e. The molecule has 0 radical (unpaired) electrons. The number of hydrogen-bond acceptors (Lipinski definition) is 4. The molecule has 2 aliphatic rings. The molecule has 0 atom stereocenters. The zero-order valence-electron chi connectivity index (χ0n) is 13.4. The molecule has 0 saturated carbocycles. The van der Waals surface area contributed by atoms with Gasteiger partial charge in [0, 0.05) is 32.1 Å². The maximum Gasteiger partial charge on any atom is 0.438 e. The van der Waals surface area contributed by atoms with Crippen LogP contribution in [0.1, 0.15) is 35.7 Å². The predicted octanol–water partition coefficient (Wildman–Crippen LogP) is 1.72. The van der Waals surface area contributed by atoms with Crippen LogP contribution in [-0.4, -0.2) is 45.6 Å². The Morgan fingerprint density at radius 3 is 2.58 bits per heavy atom. The highest BCUT2D eigenvalue weighted by Crippen LogP contribution is 2.26. The summed E-state index contributed by atoms with van der Waals surface area (Å²) in [7, 11) is 0. The van der Waals surface area contributed by atoms with E-state index in [0.717, 1.165) is 25.8 Å². The van der Waals surface area contributed by atoms with E-state index in [1.54, 1.807) is 0 Å². The number of likely N-dealkylation sites (tertiary alicyclic amines) is 1. The summed E-state index contributed by atoms with van der Waals surface area (Å²) in [4.78, 5) is 30.3. The second-order valence-electron chi connectivity index (χ2n) is 6.46. The Morgan fingerprint density at radius 1 is 1.12 bits per heavy atom. The quantitative estimate of drug-likeness (QED) is 0.864. The molecular formula is C17H20N4O3. The lowest BCUT2D eigenvalue weighted by Gasteiger charge is -2.37. The zero-order valence-corrected chi connectivity index (χ0v) is 13.4. The molecule has 1 saturated heterocycles. The van der Waals surface area contributed by atoms with Crippen LogP contribution in [0.25, 0.3) is 0 Å². The molecule has 0 bridgehead atoms. The van der Waals surface area contributed by atoms with Crippen LogP contribution in [0.3, 0.4) is 0 Å². The number of piperidine rings is 1. The van der Waals surface area contributed by atoms with Crippen LogP contribution in [0.15, 0.2) is 33.6 Å². The molecule has 1 N–H and O–H groups in total. The number of fused-ring (bicyclic) bond motifs is 1. The molecule has 126 valence electrons. The number of nitrogens with zero attached hydrogens (tertiary/aromatic N) is 3. The Balaban J connectivity index is 1.37. The van der Waals surface area contributed by atoms with Gasteiger partial charge < -0.3 is 9.80 Å². The summed E-state index contributed by atoms with van der Waals surface area (Å²) in [6.45, 7) is 2.81. The molecule has 0 spiro atoms. The van der Waals surface area contributed by atoms with E-state index in [2.05, 4.69) is 32.9 Å². The van der Waals surface area contributed by atoms with Crippen LogP contribution >= 0.6 is 0 Å². The van der Waals surface area contributed by atoms with Gasteiger partial charge in [-0.2, -0.15) is 0 Å². The molecule has 7 nitrogen and oxygen atoms in total. The molecular weight excluding hydrogens is 308 g/mol. The van der Waals surface area contributed by atoms with Gasteiger partial charge in [-0.1, -0.05) is 29.4 Å². The third-order valence-electron chi connectivity index (χ3n) is 5.01. The highest BCUT2D eigenvalue weighted by molar-refractivity contribution is 5.75. The van der Waals surface area contributed by atoms with E-state index in [1.165, 1.54) is 11.1 Å². The van der Waals surface area contributed by atoms with Crippen LogP contribution in [0.2, 0.25) is 0 Å². The number of carbonyl (C=O) groups is 1. The number of aromatic amines is 1. The predicted molar refractivity (Wildman–Crippen MR) is 86.6 cm³/mol. The van der Waals surface area contributed by atoms with E-state index in [4.69, 9.17) is 0 Å². The average Bonchev–Trinajstić information content (AvgIpc) is 3.07. The lowest BCUT2D eigenvalue weighted by molar-refractivity contribution is 0.134. The number of H-pyrrole nitrogens is 1. The van der Waals surface area contributed by atoms with Gasteiger partial charge in [0.05, 0.1) is 0 Å². The molecule has 1 aromatic heterocycles. The minimum atomic E-state index is -0.518. The van der Waals surface area contributed by atoms with Crippen molar-refractivity contribution in [1.29, 1.82) is 0 Å². The second kappa shape index (κ2) is 6.14. The number of aromatic nitrogens is 2. The van der Waals surface area contributed by atoms with Crippen molar-refractivity contribution in [3.05, 3.63) is 51.8 Å². The molecule has 2 aliphatic heterocycles. The Labute approximate surface area is 139 Å². The maximum atomic E-state index is 12.8. The van der Waals surface area contributed by atoms with Crippen LogP contribution in [-0.2, 0) is 13.0 Å². The Hall–Kier alpha value is -2.57. The number of nitrogens with one attached hydrogen (secondary N) is 1. The number of urea groups is 1. The van der Waals surface area contributed by atoms with E-state index in [9.17, 15) is 9.59 Å². The highest BCUT2D eigenvalue weighted by Gasteiger charge is 2.30. The van der Waals surface area contributed by atoms with Crippen LogP contribution in [0.5, 0.6) is 0 Å². The molecule has 24 heavy (non-hydrogen) atoms. The first kappa shape index (κ1) is 15.0. The molecule has 1 aromatic carbocycles. The van der Waals surface area contributed by atoms with Crippen molar-refractivity contribution in [2.75, 3.05) is 19.6 Å². The van der Waals surface area contributed by atoms with Crippen molar-refractivity contribution in [1.82, 2.24) is 19.9 Å². The number of carbonyl (C=O) groups excluding carboxylic acids is 1. The van der Waals surface area contributed by atoms with Crippen molar-refractivity contribution >= 4 is 6.03 Å². The Morgan fingerprint density at radius 2 is 1.88 bits per heavy atom. The zero-order chi connectivity index (χ0) is 16.5. The SMILES string of the molecule is O=C(N1CCC(c2noc(=O)[nH]2)CC1)N1CCc2ccccc2C1. The number of rotatable bonds is 1.